The van der Waals surface area contributed by atoms with Gasteiger partial charge in [-0.3, -0.25) is 0 Å². The van der Waals surface area contributed by atoms with E-state index in [1.54, 1.807) is 0 Å². The maximum Gasteiger partial charge on any atom is 0.0438 e. The second kappa shape index (κ2) is 5.88. The Balaban J connectivity index is 2.22. The van der Waals surface area contributed by atoms with Crippen LogP contribution in [0.25, 0.3) is 0 Å². The zero-order valence-electron chi connectivity index (χ0n) is 11.9. The zero-order chi connectivity index (χ0) is 13.0. The number of nitrogens with two attached hydrogens (primary N) is 1. The lowest BCUT2D eigenvalue weighted by molar-refractivity contribution is 0.184. The molecule has 2 N–H and O–H groups in total. The summed E-state index contributed by atoms with van der Waals surface area (Å²) in [6.07, 6.45) is 8.67. The standard InChI is InChI=1S/C17H27N/c1-3-7-14-9-11-16(12-10-14)17(18)13-6-5-8-15(17)4-2/h9-12,15H,3-8,13,18H2,1-2H3. The van der Waals surface area contributed by atoms with E-state index < -0.39 is 0 Å². The predicted molar refractivity (Wildman–Crippen MR) is 78.6 cm³/mol. The van der Waals surface area contributed by atoms with Crippen molar-refractivity contribution in [1.29, 1.82) is 0 Å². The normalized spacial score (nSPS) is 28.3. The molecule has 0 aromatic heterocycles. The Morgan fingerprint density at radius 3 is 2.50 bits per heavy atom. The summed E-state index contributed by atoms with van der Waals surface area (Å²) in [7, 11) is 0. The van der Waals surface area contributed by atoms with E-state index in [-0.39, 0.29) is 5.54 Å². The van der Waals surface area contributed by atoms with E-state index in [2.05, 4.69) is 38.1 Å². The smallest absolute Gasteiger partial charge is 0.0438 e. The Hall–Kier alpha value is -0.820. The van der Waals surface area contributed by atoms with E-state index in [0.717, 1.165) is 6.42 Å². The van der Waals surface area contributed by atoms with Gasteiger partial charge in [-0.15, -0.1) is 0 Å². The van der Waals surface area contributed by atoms with Crippen molar-refractivity contribution < 1.29 is 0 Å². The van der Waals surface area contributed by atoms with Gasteiger partial charge in [0.25, 0.3) is 0 Å². The van der Waals surface area contributed by atoms with E-state index in [4.69, 9.17) is 5.73 Å². The van der Waals surface area contributed by atoms with Gasteiger partial charge in [-0.2, -0.15) is 0 Å². The summed E-state index contributed by atoms with van der Waals surface area (Å²) in [6.45, 7) is 4.51. The first-order valence-electron chi connectivity index (χ1n) is 7.59. The van der Waals surface area contributed by atoms with Gasteiger partial charge in [0, 0.05) is 5.54 Å². The summed E-state index contributed by atoms with van der Waals surface area (Å²) in [5, 5.41) is 0. The summed E-state index contributed by atoms with van der Waals surface area (Å²) in [4.78, 5) is 0. The van der Waals surface area contributed by atoms with Crippen LogP contribution < -0.4 is 5.73 Å². The van der Waals surface area contributed by atoms with Crippen LogP contribution in [0.1, 0.15) is 63.5 Å². The Bertz CT molecular complexity index is 368. The van der Waals surface area contributed by atoms with Crippen molar-refractivity contribution in [3.05, 3.63) is 35.4 Å². The largest absolute Gasteiger partial charge is 0.321 e. The van der Waals surface area contributed by atoms with Crippen molar-refractivity contribution in [3.63, 3.8) is 0 Å². The van der Waals surface area contributed by atoms with Crippen LogP contribution in [0.3, 0.4) is 0 Å². The highest BCUT2D eigenvalue weighted by Crippen LogP contribution is 2.41. The fraction of sp³-hybridized carbons (Fsp3) is 0.647. The molecular formula is C17H27N. The molecule has 0 amide bonds. The Morgan fingerprint density at radius 2 is 1.89 bits per heavy atom. The van der Waals surface area contributed by atoms with Gasteiger partial charge >= 0.3 is 0 Å². The Kier molecular flexibility index (Phi) is 4.45. The first kappa shape index (κ1) is 13.6. The molecule has 1 aliphatic carbocycles. The van der Waals surface area contributed by atoms with Gasteiger partial charge in [0.2, 0.25) is 0 Å². The first-order valence-corrected chi connectivity index (χ1v) is 7.59. The van der Waals surface area contributed by atoms with Gasteiger partial charge in [-0.1, -0.05) is 63.8 Å². The molecule has 2 rings (SSSR count). The molecule has 1 saturated carbocycles. The minimum atomic E-state index is -0.0717. The molecule has 0 aliphatic heterocycles. The lowest BCUT2D eigenvalue weighted by Crippen LogP contribution is -2.46. The molecule has 2 atom stereocenters. The molecule has 1 aromatic carbocycles. The highest BCUT2D eigenvalue weighted by molar-refractivity contribution is 5.29. The predicted octanol–water partition coefficient (Wildman–Crippen LogP) is 4.39. The second-order valence-electron chi connectivity index (χ2n) is 5.84. The molecule has 0 heterocycles. The minimum absolute atomic E-state index is 0.0717. The fourth-order valence-electron chi connectivity index (χ4n) is 3.49. The van der Waals surface area contributed by atoms with E-state index >= 15 is 0 Å². The molecule has 1 fully saturated rings. The summed E-state index contributed by atoms with van der Waals surface area (Å²) in [6, 6.07) is 9.10. The van der Waals surface area contributed by atoms with Gasteiger partial charge in [-0.25, -0.2) is 0 Å². The van der Waals surface area contributed by atoms with Gasteiger partial charge in [0.1, 0.15) is 0 Å². The van der Waals surface area contributed by atoms with Crippen LogP contribution in [0.2, 0.25) is 0 Å². The quantitative estimate of drug-likeness (QED) is 0.836. The average Bonchev–Trinajstić information content (AvgIpc) is 2.40. The molecule has 1 heteroatoms. The molecule has 0 bridgehead atoms. The maximum atomic E-state index is 6.76. The van der Waals surface area contributed by atoms with E-state index in [1.807, 2.05) is 0 Å². The van der Waals surface area contributed by atoms with E-state index in [9.17, 15) is 0 Å². The number of benzene rings is 1. The molecule has 1 aromatic rings. The van der Waals surface area contributed by atoms with Crippen molar-refractivity contribution >= 4 is 0 Å². The number of hydrogen-bond acceptors (Lipinski definition) is 1. The summed E-state index contributed by atoms with van der Waals surface area (Å²) < 4.78 is 0. The third-order valence-corrected chi connectivity index (χ3v) is 4.64. The molecule has 1 aliphatic rings. The molecule has 100 valence electrons. The number of aryl methyl sites for hydroxylation is 1. The topological polar surface area (TPSA) is 26.0 Å². The minimum Gasteiger partial charge on any atom is -0.321 e. The van der Waals surface area contributed by atoms with Crippen LogP contribution in [-0.2, 0) is 12.0 Å². The van der Waals surface area contributed by atoms with Crippen LogP contribution in [0.4, 0.5) is 0 Å². The highest BCUT2D eigenvalue weighted by atomic mass is 14.8. The third-order valence-electron chi connectivity index (χ3n) is 4.64. The SMILES string of the molecule is CCCc1ccc(C2(N)CCCCC2CC)cc1. The van der Waals surface area contributed by atoms with E-state index in [0.29, 0.717) is 5.92 Å². The summed E-state index contributed by atoms with van der Waals surface area (Å²) in [5.74, 6) is 0.656. The van der Waals surface area contributed by atoms with Crippen LogP contribution in [0.15, 0.2) is 24.3 Å². The van der Waals surface area contributed by atoms with Gasteiger partial charge in [0.15, 0.2) is 0 Å². The van der Waals surface area contributed by atoms with Crippen molar-refractivity contribution in [1.82, 2.24) is 0 Å². The first-order chi connectivity index (χ1) is 8.70. The summed E-state index contributed by atoms with van der Waals surface area (Å²) >= 11 is 0. The lowest BCUT2D eigenvalue weighted by atomic mass is 9.68. The second-order valence-corrected chi connectivity index (χ2v) is 5.84. The molecule has 0 radical (unpaired) electrons. The van der Waals surface area contributed by atoms with Gasteiger partial charge in [0.05, 0.1) is 0 Å². The van der Waals surface area contributed by atoms with Gasteiger partial charge < -0.3 is 5.73 Å². The molecule has 1 nitrogen and oxygen atoms in total. The zero-order valence-corrected chi connectivity index (χ0v) is 11.9. The number of hydrogen-bond donors (Lipinski definition) is 1. The molecular weight excluding hydrogens is 218 g/mol. The van der Waals surface area contributed by atoms with Crippen LogP contribution in [-0.4, -0.2) is 0 Å². The van der Waals surface area contributed by atoms with Crippen LogP contribution in [0, 0.1) is 5.92 Å². The van der Waals surface area contributed by atoms with E-state index in [1.165, 1.54) is 49.7 Å². The van der Waals surface area contributed by atoms with Crippen LogP contribution >= 0.6 is 0 Å². The summed E-state index contributed by atoms with van der Waals surface area (Å²) in [5.41, 5.74) is 9.48. The van der Waals surface area contributed by atoms with Crippen molar-refractivity contribution in [2.45, 2.75) is 64.3 Å². The van der Waals surface area contributed by atoms with Crippen molar-refractivity contribution in [3.8, 4) is 0 Å². The Labute approximate surface area is 112 Å². The van der Waals surface area contributed by atoms with Crippen molar-refractivity contribution in [2.75, 3.05) is 0 Å². The van der Waals surface area contributed by atoms with Gasteiger partial charge in [-0.05, 0) is 36.3 Å². The van der Waals surface area contributed by atoms with Crippen molar-refractivity contribution in [2.24, 2.45) is 11.7 Å². The molecule has 2 unspecified atom stereocenters. The maximum absolute atomic E-state index is 6.76. The fourth-order valence-corrected chi connectivity index (χ4v) is 3.49. The molecule has 18 heavy (non-hydrogen) atoms. The molecule has 0 spiro atoms. The lowest BCUT2D eigenvalue weighted by Gasteiger charge is -2.41. The third kappa shape index (κ3) is 2.61. The molecule has 0 saturated heterocycles. The average molecular weight is 245 g/mol. The highest BCUT2D eigenvalue weighted by Gasteiger charge is 2.37. The Morgan fingerprint density at radius 1 is 1.17 bits per heavy atom. The van der Waals surface area contributed by atoms with Crippen LogP contribution in [0.5, 0.6) is 0 Å². The number of rotatable bonds is 4. The monoisotopic (exact) mass is 245 g/mol.